The molecular formula is C20H26IN3O2S2. The zero-order valence-corrected chi connectivity index (χ0v) is 19.8. The Hall–Kier alpha value is -0.740. The molecule has 2 aromatic rings. The molecule has 2 aliphatic rings. The van der Waals surface area contributed by atoms with Gasteiger partial charge in [-0.2, -0.15) is 0 Å². The Morgan fingerprint density at radius 2 is 2.07 bits per heavy atom. The highest BCUT2D eigenvalue weighted by molar-refractivity contribution is 14.1. The highest BCUT2D eigenvalue weighted by atomic mass is 127. The van der Waals surface area contributed by atoms with Gasteiger partial charge in [-0.15, -0.1) is 11.8 Å². The van der Waals surface area contributed by atoms with Crippen LogP contribution in [0.15, 0.2) is 23.2 Å². The molecule has 28 heavy (non-hydrogen) atoms. The van der Waals surface area contributed by atoms with Crippen molar-refractivity contribution in [2.75, 3.05) is 21.8 Å². The number of nitrogens with one attached hydrogen (secondary N) is 2. The lowest BCUT2D eigenvalue weighted by Crippen LogP contribution is -2.15. The smallest absolute Gasteiger partial charge is 0.151 e. The van der Waals surface area contributed by atoms with E-state index in [1.165, 1.54) is 31.9 Å². The van der Waals surface area contributed by atoms with E-state index < -0.39 is 9.84 Å². The number of hydrogen-bond acceptors (Lipinski definition) is 5. The molecule has 2 heterocycles. The molecule has 2 N–H and O–H groups in total. The average Bonchev–Trinajstić information content (AvgIpc) is 3.33. The zero-order valence-electron chi connectivity index (χ0n) is 16.0. The van der Waals surface area contributed by atoms with Gasteiger partial charge in [-0.25, -0.2) is 8.42 Å². The topological polar surface area (TPSA) is 74.3 Å². The number of H-pyrrole nitrogens is 1. The molecule has 0 radical (unpaired) electrons. The van der Waals surface area contributed by atoms with Gasteiger partial charge in [0.25, 0.3) is 0 Å². The highest BCUT2D eigenvalue weighted by Crippen LogP contribution is 2.33. The van der Waals surface area contributed by atoms with E-state index in [1.807, 2.05) is 23.9 Å². The zero-order chi connectivity index (χ0) is 19.7. The number of thioether (sulfide) groups is 1. The fraction of sp³-hybridized carbons (Fsp3) is 0.550. The number of aliphatic imine (C=N–C) groups is 1. The minimum atomic E-state index is -3.08. The SMILES string of the molecule is CS(=O)(=O)Cc1cc(NC2CCCC2)c2[nH]c(C3=N[C@H](CCI)CS3)cc2c1. The molecule has 152 valence electrons. The number of hydrogen-bond donors (Lipinski definition) is 2. The summed E-state index contributed by atoms with van der Waals surface area (Å²) in [4.78, 5) is 8.45. The van der Waals surface area contributed by atoms with Crippen LogP contribution < -0.4 is 5.32 Å². The predicted molar refractivity (Wildman–Crippen MR) is 129 cm³/mol. The van der Waals surface area contributed by atoms with Crippen molar-refractivity contribution in [2.45, 2.75) is 49.9 Å². The van der Waals surface area contributed by atoms with E-state index in [2.05, 4.69) is 39.0 Å². The van der Waals surface area contributed by atoms with Crippen LogP contribution in [-0.4, -0.2) is 47.0 Å². The number of aromatic nitrogens is 1. The second-order valence-electron chi connectivity index (χ2n) is 7.86. The Morgan fingerprint density at radius 3 is 2.79 bits per heavy atom. The summed E-state index contributed by atoms with van der Waals surface area (Å²) < 4.78 is 24.8. The molecule has 1 fully saturated rings. The van der Waals surface area contributed by atoms with Crippen molar-refractivity contribution in [1.82, 2.24) is 4.98 Å². The lowest BCUT2D eigenvalue weighted by molar-refractivity contribution is 0.601. The molecule has 0 amide bonds. The van der Waals surface area contributed by atoms with Crippen LogP contribution in [0.1, 0.15) is 43.4 Å². The van der Waals surface area contributed by atoms with Crippen LogP contribution in [0.25, 0.3) is 10.9 Å². The molecule has 0 unspecified atom stereocenters. The van der Waals surface area contributed by atoms with Crippen molar-refractivity contribution in [3.8, 4) is 0 Å². The number of alkyl halides is 1. The molecule has 8 heteroatoms. The maximum absolute atomic E-state index is 11.9. The van der Waals surface area contributed by atoms with Crippen LogP contribution in [0, 0.1) is 0 Å². The first-order valence-electron chi connectivity index (χ1n) is 9.78. The lowest BCUT2D eigenvalue weighted by Gasteiger charge is -2.15. The van der Waals surface area contributed by atoms with Gasteiger partial charge in [-0.1, -0.05) is 35.4 Å². The molecule has 0 bridgehead atoms. The van der Waals surface area contributed by atoms with Crippen molar-refractivity contribution in [3.05, 3.63) is 29.5 Å². The van der Waals surface area contributed by atoms with Crippen LogP contribution >= 0.6 is 34.4 Å². The van der Waals surface area contributed by atoms with E-state index >= 15 is 0 Å². The van der Waals surface area contributed by atoms with Crippen LogP contribution in [0.5, 0.6) is 0 Å². The van der Waals surface area contributed by atoms with Gasteiger partial charge in [0.1, 0.15) is 5.04 Å². The summed E-state index contributed by atoms with van der Waals surface area (Å²) in [6, 6.07) is 7.00. The first kappa shape index (κ1) is 20.5. The number of anilines is 1. The Balaban J connectivity index is 1.71. The van der Waals surface area contributed by atoms with Gasteiger partial charge in [0.15, 0.2) is 9.84 Å². The van der Waals surface area contributed by atoms with E-state index in [-0.39, 0.29) is 5.75 Å². The van der Waals surface area contributed by atoms with Crippen molar-refractivity contribution >= 4 is 65.8 Å². The van der Waals surface area contributed by atoms with E-state index in [9.17, 15) is 8.42 Å². The summed E-state index contributed by atoms with van der Waals surface area (Å²) in [6.07, 6.45) is 7.26. The molecule has 5 nitrogen and oxygen atoms in total. The molecule has 1 aromatic heterocycles. The summed E-state index contributed by atoms with van der Waals surface area (Å²) >= 11 is 4.22. The molecule has 0 spiro atoms. The van der Waals surface area contributed by atoms with E-state index in [1.54, 1.807) is 0 Å². The van der Waals surface area contributed by atoms with Gasteiger partial charge < -0.3 is 10.3 Å². The predicted octanol–water partition coefficient (Wildman–Crippen LogP) is 4.75. The van der Waals surface area contributed by atoms with Crippen molar-refractivity contribution < 1.29 is 8.42 Å². The molecule has 1 atom stereocenters. The number of fused-ring (bicyclic) bond motifs is 1. The number of nitrogens with zero attached hydrogens (tertiary/aromatic N) is 1. The molecule has 1 saturated carbocycles. The summed E-state index contributed by atoms with van der Waals surface area (Å²) in [6.45, 7) is 0. The highest BCUT2D eigenvalue weighted by Gasteiger charge is 2.22. The third-order valence-corrected chi connectivity index (χ3v) is 7.95. The summed E-state index contributed by atoms with van der Waals surface area (Å²) in [5.74, 6) is 1.11. The third kappa shape index (κ3) is 4.87. The van der Waals surface area contributed by atoms with Gasteiger partial charge in [0, 0.05) is 27.9 Å². The first-order valence-corrected chi connectivity index (χ1v) is 14.4. The summed E-state index contributed by atoms with van der Waals surface area (Å²) in [5, 5.41) is 5.79. The van der Waals surface area contributed by atoms with Gasteiger partial charge >= 0.3 is 0 Å². The van der Waals surface area contributed by atoms with Crippen LogP contribution in [0.4, 0.5) is 5.69 Å². The minimum absolute atomic E-state index is 0.0657. The van der Waals surface area contributed by atoms with Crippen LogP contribution in [0.3, 0.4) is 0 Å². The number of sulfone groups is 1. The van der Waals surface area contributed by atoms with E-state index in [0.29, 0.717) is 12.1 Å². The van der Waals surface area contributed by atoms with Crippen molar-refractivity contribution in [2.24, 2.45) is 4.99 Å². The average molecular weight is 531 g/mol. The Kier molecular flexibility index (Phi) is 6.27. The molecule has 0 saturated heterocycles. The Labute approximate surface area is 184 Å². The second-order valence-corrected chi connectivity index (χ2v) is 12.1. The molecule has 1 aromatic carbocycles. The van der Waals surface area contributed by atoms with Gasteiger partial charge in [0.2, 0.25) is 0 Å². The Morgan fingerprint density at radius 1 is 1.29 bits per heavy atom. The Bertz CT molecular complexity index is 994. The first-order chi connectivity index (χ1) is 13.4. The molecule has 4 rings (SSSR count). The molecule has 1 aliphatic heterocycles. The minimum Gasteiger partial charge on any atom is -0.381 e. The maximum Gasteiger partial charge on any atom is 0.151 e. The number of halogens is 1. The second kappa shape index (κ2) is 8.55. The van der Waals surface area contributed by atoms with E-state index in [0.717, 1.165) is 49.5 Å². The summed E-state index contributed by atoms with van der Waals surface area (Å²) in [5.41, 5.74) is 3.95. The lowest BCUT2D eigenvalue weighted by atomic mass is 10.1. The standard InChI is InChI=1S/C20H26IN3O2S2/c1-28(25,26)12-13-8-14-10-18(20-23-16(6-7-21)11-27-20)24-19(14)17(9-13)22-15-4-2-3-5-15/h8-10,15-16,22,24H,2-7,11-12H2,1H3/t16-/m1/s1. The van der Waals surface area contributed by atoms with Gasteiger partial charge in [-0.3, -0.25) is 4.99 Å². The van der Waals surface area contributed by atoms with Crippen LogP contribution in [-0.2, 0) is 15.6 Å². The molecule has 1 aliphatic carbocycles. The monoisotopic (exact) mass is 531 g/mol. The number of aromatic amines is 1. The quantitative estimate of drug-likeness (QED) is 0.400. The maximum atomic E-state index is 11.9. The fourth-order valence-electron chi connectivity index (χ4n) is 4.05. The van der Waals surface area contributed by atoms with Gasteiger partial charge in [-0.05, 0) is 43.0 Å². The largest absolute Gasteiger partial charge is 0.381 e. The molecular weight excluding hydrogens is 505 g/mol. The summed E-state index contributed by atoms with van der Waals surface area (Å²) in [7, 11) is -3.08. The van der Waals surface area contributed by atoms with Gasteiger partial charge in [0.05, 0.1) is 28.7 Å². The normalized spacial score (nSPS) is 20.8. The number of benzene rings is 1. The van der Waals surface area contributed by atoms with Crippen LogP contribution in [0.2, 0.25) is 0 Å². The third-order valence-electron chi connectivity index (χ3n) is 5.32. The van der Waals surface area contributed by atoms with Crippen molar-refractivity contribution in [1.29, 1.82) is 0 Å². The van der Waals surface area contributed by atoms with E-state index in [4.69, 9.17) is 4.99 Å². The fourth-order valence-corrected chi connectivity index (χ4v) is 6.62. The number of rotatable bonds is 7. The van der Waals surface area contributed by atoms with Crippen molar-refractivity contribution in [3.63, 3.8) is 0 Å².